The van der Waals surface area contributed by atoms with Gasteiger partial charge in [0.25, 0.3) is 0 Å². The molecule has 1 amide bonds. The highest BCUT2D eigenvalue weighted by Gasteiger charge is 2.26. The number of aromatic nitrogens is 3. The van der Waals surface area contributed by atoms with Crippen molar-refractivity contribution in [3.63, 3.8) is 0 Å². The van der Waals surface area contributed by atoms with Crippen LogP contribution < -0.4 is 9.64 Å². The number of fused-ring (bicyclic) bond motifs is 8. The van der Waals surface area contributed by atoms with E-state index in [0.717, 1.165) is 36.4 Å². The van der Waals surface area contributed by atoms with Crippen LogP contribution in [-0.4, -0.2) is 108 Å². The number of H-pyrrole nitrogens is 1. The number of nitrogens with one attached hydrogen (secondary N) is 1. The molecule has 11 nitrogen and oxygen atoms in total. The number of amides is 1. The molecule has 6 rings (SSSR count). The summed E-state index contributed by atoms with van der Waals surface area (Å²) in [4.78, 5) is 35.9. The molecular weight excluding hydrogens is 486 g/mol. The van der Waals surface area contributed by atoms with Gasteiger partial charge in [-0.1, -0.05) is 13.0 Å². The van der Waals surface area contributed by atoms with E-state index in [4.69, 9.17) is 9.47 Å². The Morgan fingerprint density at radius 2 is 1.95 bits per heavy atom. The Balaban J connectivity index is 1.51. The lowest BCUT2D eigenvalue weighted by molar-refractivity contribution is -0.132. The van der Waals surface area contributed by atoms with Gasteiger partial charge in [-0.3, -0.25) is 14.7 Å². The van der Waals surface area contributed by atoms with E-state index in [1.54, 1.807) is 13.3 Å². The summed E-state index contributed by atoms with van der Waals surface area (Å²) in [7, 11) is 1.68. The van der Waals surface area contributed by atoms with Crippen LogP contribution >= 0.6 is 0 Å². The highest BCUT2D eigenvalue weighted by molar-refractivity contribution is 6.06. The van der Waals surface area contributed by atoms with Gasteiger partial charge in [-0.2, -0.15) is 0 Å². The van der Waals surface area contributed by atoms with Gasteiger partial charge in [-0.25, -0.2) is 9.97 Å². The van der Waals surface area contributed by atoms with E-state index >= 15 is 0 Å². The maximum absolute atomic E-state index is 13.2. The van der Waals surface area contributed by atoms with Crippen molar-refractivity contribution in [3.05, 3.63) is 35.7 Å². The predicted octanol–water partition coefficient (Wildman–Crippen LogP) is 2.36. The van der Waals surface area contributed by atoms with Crippen LogP contribution in [0.25, 0.3) is 11.0 Å². The van der Waals surface area contributed by atoms with Gasteiger partial charge in [-0.15, -0.1) is 0 Å². The number of aromatic hydroxyl groups is 1. The first kappa shape index (κ1) is 25.9. The zero-order chi connectivity index (χ0) is 26.5. The number of piperazine rings is 1. The summed E-state index contributed by atoms with van der Waals surface area (Å²) in [5, 5.41) is 11.4. The number of anilines is 1. The summed E-state index contributed by atoms with van der Waals surface area (Å²) in [6.07, 6.45) is 4.75. The number of nitrogens with zero attached hydrogens (tertiary/aromatic N) is 6. The maximum Gasteiger partial charge on any atom is 0.236 e. The summed E-state index contributed by atoms with van der Waals surface area (Å²) in [5.41, 5.74) is 2.90. The zero-order valence-corrected chi connectivity index (χ0v) is 22.0. The second-order valence-corrected chi connectivity index (χ2v) is 9.55. The average molecular weight is 522 g/mol. The second-order valence-electron chi connectivity index (χ2n) is 9.55. The fraction of sp³-hybridized carbons (Fsp3) is 0.481. The molecule has 0 unspecified atom stereocenters. The van der Waals surface area contributed by atoms with Crippen molar-refractivity contribution in [3.8, 4) is 11.6 Å². The third kappa shape index (κ3) is 5.58. The van der Waals surface area contributed by atoms with Gasteiger partial charge in [-0.05, 0) is 24.5 Å². The van der Waals surface area contributed by atoms with Crippen LogP contribution in [-0.2, 0) is 16.0 Å². The quantitative estimate of drug-likeness (QED) is 0.537. The van der Waals surface area contributed by atoms with Crippen LogP contribution in [0.5, 0.6) is 11.6 Å². The molecule has 3 aliphatic heterocycles. The van der Waals surface area contributed by atoms with Crippen molar-refractivity contribution < 1.29 is 19.4 Å². The minimum absolute atomic E-state index is 0.0111. The molecule has 38 heavy (non-hydrogen) atoms. The highest BCUT2D eigenvalue weighted by atomic mass is 16.5. The second kappa shape index (κ2) is 11.8. The van der Waals surface area contributed by atoms with Gasteiger partial charge in [0.1, 0.15) is 23.5 Å². The molecule has 3 aliphatic rings. The third-order valence-electron chi connectivity index (χ3n) is 7.14. The number of ether oxygens (including phenoxy) is 2. The molecule has 1 saturated heterocycles. The molecule has 2 aromatic heterocycles. The summed E-state index contributed by atoms with van der Waals surface area (Å²) in [6, 6.07) is 5.90. The van der Waals surface area contributed by atoms with E-state index in [0.29, 0.717) is 74.9 Å². The first-order chi connectivity index (χ1) is 18.6. The Kier molecular flexibility index (Phi) is 8.04. The Bertz CT molecular complexity index is 1300. The smallest absolute Gasteiger partial charge is 0.236 e. The van der Waals surface area contributed by atoms with Crippen LogP contribution in [0.1, 0.15) is 24.5 Å². The molecule has 4 bridgehead atoms. The molecule has 11 heteroatoms. The van der Waals surface area contributed by atoms with E-state index in [2.05, 4.69) is 36.7 Å². The topological polar surface area (TPSA) is 119 Å². The molecule has 3 aromatic rings. The fourth-order valence-electron chi connectivity index (χ4n) is 4.99. The van der Waals surface area contributed by atoms with Crippen molar-refractivity contribution in [2.45, 2.75) is 19.8 Å². The average Bonchev–Trinajstić information content (AvgIpc) is 3.27. The molecule has 0 atom stereocenters. The first-order valence-corrected chi connectivity index (χ1v) is 13.2. The molecular formula is C27H35N7O4. The van der Waals surface area contributed by atoms with E-state index in [9.17, 15) is 9.90 Å². The van der Waals surface area contributed by atoms with Gasteiger partial charge in [0, 0.05) is 58.7 Å². The number of carbonyl (C=O) groups is 1. The van der Waals surface area contributed by atoms with Crippen molar-refractivity contribution in [1.82, 2.24) is 24.8 Å². The number of carbonyl (C=O) groups excluding carboxylic acids is 1. The van der Waals surface area contributed by atoms with Gasteiger partial charge >= 0.3 is 0 Å². The zero-order valence-electron chi connectivity index (χ0n) is 22.0. The minimum Gasteiger partial charge on any atom is -0.494 e. The minimum atomic E-state index is -0.0111. The number of aryl methyl sites for hydroxylation is 1. The molecule has 0 aliphatic carbocycles. The number of methoxy groups -OCH3 is 1. The lowest BCUT2D eigenvalue weighted by Gasteiger charge is -2.36. The highest BCUT2D eigenvalue weighted by Crippen LogP contribution is 2.33. The molecule has 1 aromatic carbocycles. The van der Waals surface area contributed by atoms with Crippen LogP contribution in [0, 0.1) is 0 Å². The molecule has 0 spiro atoms. The number of hydrogen-bond acceptors (Lipinski definition) is 9. The number of aliphatic imine (C=N–C) groups is 1. The third-order valence-corrected chi connectivity index (χ3v) is 7.14. The van der Waals surface area contributed by atoms with E-state index < -0.39 is 0 Å². The van der Waals surface area contributed by atoms with Crippen LogP contribution in [0.4, 0.5) is 11.5 Å². The number of hydrogen-bond donors (Lipinski definition) is 2. The summed E-state index contributed by atoms with van der Waals surface area (Å²) in [5.74, 6) is 1.61. The Morgan fingerprint density at radius 3 is 2.74 bits per heavy atom. The lowest BCUT2D eigenvalue weighted by atomic mass is 10.1. The largest absolute Gasteiger partial charge is 0.494 e. The molecule has 2 N–H and O–H groups in total. The maximum atomic E-state index is 13.2. The molecule has 5 heterocycles. The molecule has 0 saturated carbocycles. The SMILES string of the molecule is CCc1ccc2cc1OCCCN(CCOC)CC(=O)N1CCN(CC1)c1ncnc3[nH]c(O)c(c13)C=N2. The van der Waals surface area contributed by atoms with Gasteiger partial charge in [0.05, 0.1) is 36.4 Å². The van der Waals surface area contributed by atoms with Gasteiger partial charge in [0.15, 0.2) is 5.88 Å². The molecule has 202 valence electrons. The lowest BCUT2D eigenvalue weighted by Crippen LogP contribution is -2.51. The van der Waals surface area contributed by atoms with Crippen molar-refractivity contribution in [1.29, 1.82) is 0 Å². The standard InChI is InChI=1S/C27H35N7O4/c1-3-19-5-6-20-15-22(19)38-13-4-7-32(12-14-37-2)17-23(35)33-8-10-34(11-9-33)26-24-21(16-28-20)27(36)31-25(24)29-18-30-26/h5-6,15-16,18,36H,3-4,7-14,17H2,1-2H3,(H,29,30,31). The Morgan fingerprint density at radius 1 is 1.13 bits per heavy atom. The Hall–Kier alpha value is -3.70. The van der Waals surface area contributed by atoms with Gasteiger partial charge < -0.3 is 29.4 Å². The summed E-state index contributed by atoms with van der Waals surface area (Å²) >= 11 is 0. The van der Waals surface area contributed by atoms with Crippen LogP contribution in [0.15, 0.2) is 29.5 Å². The number of benzene rings is 1. The van der Waals surface area contributed by atoms with E-state index in [-0.39, 0.29) is 11.8 Å². The van der Waals surface area contributed by atoms with E-state index in [1.807, 2.05) is 23.1 Å². The van der Waals surface area contributed by atoms with Crippen molar-refractivity contribution in [2.24, 2.45) is 4.99 Å². The first-order valence-electron chi connectivity index (χ1n) is 13.2. The number of rotatable bonds is 4. The predicted molar refractivity (Wildman–Crippen MR) is 146 cm³/mol. The van der Waals surface area contributed by atoms with Crippen LogP contribution in [0.2, 0.25) is 0 Å². The fourth-order valence-corrected chi connectivity index (χ4v) is 4.99. The molecule has 0 radical (unpaired) electrons. The van der Waals surface area contributed by atoms with Crippen molar-refractivity contribution >= 4 is 34.7 Å². The number of aromatic amines is 1. The van der Waals surface area contributed by atoms with E-state index in [1.165, 1.54) is 6.33 Å². The Labute approximate surface area is 222 Å². The van der Waals surface area contributed by atoms with Gasteiger partial charge in [0.2, 0.25) is 5.91 Å². The molecule has 1 fully saturated rings. The summed E-state index contributed by atoms with van der Waals surface area (Å²) in [6.45, 7) is 7.41. The van der Waals surface area contributed by atoms with Crippen LogP contribution in [0.3, 0.4) is 0 Å². The normalized spacial score (nSPS) is 17.4. The summed E-state index contributed by atoms with van der Waals surface area (Å²) < 4.78 is 11.5. The monoisotopic (exact) mass is 521 g/mol. The van der Waals surface area contributed by atoms with Crippen molar-refractivity contribution in [2.75, 3.05) is 71.0 Å².